The van der Waals surface area contributed by atoms with Crippen LogP contribution < -0.4 is 10.5 Å². The number of benzene rings is 1. The third-order valence-electron chi connectivity index (χ3n) is 4.41. The molecule has 0 aromatic heterocycles. The summed E-state index contributed by atoms with van der Waals surface area (Å²) in [4.78, 5) is 2.64. The van der Waals surface area contributed by atoms with Crippen LogP contribution in [0.4, 0.5) is 5.69 Å². The number of anilines is 1. The van der Waals surface area contributed by atoms with Crippen molar-refractivity contribution in [3.63, 3.8) is 0 Å². The number of nitrogen functional groups attached to an aromatic ring is 1. The minimum atomic E-state index is 0.659. The molecule has 0 bridgehead atoms. The molecular formula is C17H28N2O. The predicted molar refractivity (Wildman–Crippen MR) is 85.2 cm³/mol. The van der Waals surface area contributed by atoms with E-state index in [2.05, 4.69) is 30.9 Å². The second kappa shape index (κ2) is 6.98. The van der Waals surface area contributed by atoms with E-state index in [9.17, 15) is 0 Å². The van der Waals surface area contributed by atoms with Crippen molar-refractivity contribution in [2.45, 2.75) is 58.5 Å². The van der Waals surface area contributed by atoms with Gasteiger partial charge in [-0.05, 0) is 57.7 Å². The van der Waals surface area contributed by atoms with Gasteiger partial charge in [0.05, 0.1) is 12.3 Å². The lowest BCUT2D eigenvalue weighted by atomic mass is 9.97. The highest BCUT2D eigenvalue weighted by Crippen LogP contribution is 2.25. The number of hydrogen-bond acceptors (Lipinski definition) is 3. The molecule has 1 aliphatic heterocycles. The van der Waals surface area contributed by atoms with Gasteiger partial charge in [-0.25, -0.2) is 0 Å². The summed E-state index contributed by atoms with van der Waals surface area (Å²) in [6.07, 6.45) is 5.09. The molecule has 20 heavy (non-hydrogen) atoms. The van der Waals surface area contributed by atoms with Crippen molar-refractivity contribution < 1.29 is 4.74 Å². The molecule has 1 saturated heterocycles. The van der Waals surface area contributed by atoms with Crippen LogP contribution in [0.1, 0.15) is 45.6 Å². The van der Waals surface area contributed by atoms with E-state index in [1.54, 1.807) is 0 Å². The maximum atomic E-state index is 6.03. The Balaban J connectivity index is 1.94. The molecule has 1 aliphatic rings. The average molecular weight is 276 g/mol. The van der Waals surface area contributed by atoms with Crippen molar-refractivity contribution in [3.05, 3.63) is 23.8 Å². The lowest BCUT2D eigenvalue weighted by molar-refractivity contribution is 0.105. The highest BCUT2D eigenvalue weighted by Gasteiger charge is 2.23. The van der Waals surface area contributed by atoms with Crippen LogP contribution in [0, 0.1) is 0 Å². The molecule has 0 radical (unpaired) electrons. The van der Waals surface area contributed by atoms with Gasteiger partial charge in [0.15, 0.2) is 0 Å². The van der Waals surface area contributed by atoms with Crippen molar-refractivity contribution in [1.29, 1.82) is 0 Å². The summed E-state index contributed by atoms with van der Waals surface area (Å²) in [6, 6.07) is 7.61. The van der Waals surface area contributed by atoms with Crippen LogP contribution in [-0.4, -0.2) is 30.1 Å². The average Bonchev–Trinajstić information content (AvgIpc) is 2.41. The summed E-state index contributed by atoms with van der Waals surface area (Å²) in [5, 5.41) is 0. The number of ether oxygens (including phenoxy) is 1. The molecule has 0 amide bonds. The van der Waals surface area contributed by atoms with E-state index in [0.29, 0.717) is 18.7 Å². The number of piperidine rings is 1. The predicted octanol–water partition coefficient (Wildman–Crippen LogP) is 3.47. The van der Waals surface area contributed by atoms with Crippen molar-refractivity contribution >= 4 is 5.69 Å². The SMILES string of the molecule is CCOc1ccc(CCN2C(C)CCCC2C)cc1N. The second-order valence-corrected chi connectivity index (χ2v) is 5.92. The minimum Gasteiger partial charge on any atom is -0.492 e. The molecule has 2 atom stereocenters. The molecule has 2 rings (SSSR count). The van der Waals surface area contributed by atoms with E-state index in [4.69, 9.17) is 10.5 Å². The van der Waals surface area contributed by atoms with Gasteiger partial charge in [0, 0.05) is 18.6 Å². The van der Waals surface area contributed by atoms with Gasteiger partial charge >= 0.3 is 0 Å². The first kappa shape index (κ1) is 15.2. The number of rotatable bonds is 5. The standard InChI is InChI=1S/C17H28N2O/c1-4-20-17-9-8-15(12-16(17)18)10-11-19-13(2)6-5-7-14(19)3/h8-9,12-14H,4-7,10-11,18H2,1-3H3. The van der Waals surface area contributed by atoms with Crippen LogP contribution in [0.25, 0.3) is 0 Å². The molecule has 1 heterocycles. The van der Waals surface area contributed by atoms with Crippen molar-refractivity contribution in [2.75, 3.05) is 18.9 Å². The van der Waals surface area contributed by atoms with Crippen LogP contribution in [0.2, 0.25) is 0 Å². The van der Waals surface area contributed by atoms with Gasteiger partial charge in [0.1, 0.15) is 5.75 Å². The molecule has 3 nitrogen and oxygen atoms in total. The molecule has 1 fully saturated rings. The Labute approximate surface area is 123 Å². The first-order valence-electron chi connectivity index (χ1n) is 7.88. The third-order valence-corrected chi connectivity index (χ3v) is 4.41. The van der Waals surface area contributed by atoms with Crippen molar-refractivity contribution in [2.24, 2.45) is 0 Å². The van der Waals surface area contributed by atoms with Gasteiger partial charge in [-0.1, -0.05) is 12.5 Å². The Kier molecular flexibility index (Phi) is 5.30. The van der Waals surface area contributed by atoms with E-state index in [1.165, 1.54) is 24.8 Å². The smallest absolute Gasteiger partial charge is 0.142 e. The number of hydrogen-bond donors (Lipinski definition) is 1. The molecule has 3 heteroatoms. The number of nitrogens with two attached hydrogens (primary N) is 1. The van der Waals surface area contributed by atoms with Gasteiger partial charge in [-0.15, -0.1) is 0 Å². The Hall–Kier alpha value is -1.22. The van der Waals surface area contributed by atoms with Crippen molar-refractivity contribution in [3.8, 4) is 5.75 Å². The Morgan fingerprint density at radius 2 is 1.95 bits per heavy atom. The summed E-state index contributed by atoms with van der Waals surface area (Å²) in [5.41, 5.74) is 8.09. The topological polar surface area (TPSA) is 38.5 Å². The van der Waals surface area contributed by atoms with Gasteiger partial charge in [0.25, 0.3) is 0 Å². The molecule has 2 unspecified atom stereocenters. The summed E-state index contributed by atoms with van der Waals surface area (Å²) in [7, 11) is 0. The van der Waals surface area contributed by atoms with Crippen LogP contribution >= 0.6 is 0 Å². The van der Waals surface area contributed by atoms with Crippen LogP contribution in [0.15, 0.2) is 18.2 Å². The van der Waals surface area contributed by atoms with E-state index >= 15 is 0 Å². The molecule has 0 aliphatic carbocycles. The van der Waals surface area contributed by atoms with E-state index < -0.39 is 0 Å². The number of likely N-dealkylation sites (tertiary alicyclic amines) is 1. The molecule has 0 saturated carbocycles. The normalized spacial score (nSPS) is 23.8. The molecule has 112 valence electrons. The third kappa shape index (κ3) is 3.66. The lowest BCUT2D eigenvalue weighted by Gasteiger charge is -2.39. The van der Waals surface area contributed by atoms with Gasteiger partial charge in [-0.2, -0.15) is 0 Å². The van der Waals surface area contributed by atoms with Crippen LogP contribution in [0.5, 0.6) is 5.75 Å². The summed E-state index contributed by atoms with van der Waals surface area (Å²) in [5.74, 6) is 0.802. The molecule has 0 spiro atoms. The van der Waals surface area contributed by atoms with Gasteiger partial charge < -0.3 is 10.5 Å². The fourth-order valence-electron chi connectivity index (χ4n) is 3.21. The van der Waals surface area contributed by atoms with Crippen molar-refractivity contribution in [1.82, 2.24) is 4.90 Å². The van der Waals surface area contributed by atoms with E-state index in [0.717, 1.165) is 24.4 Å². The molecule has 2 N–H and O–H groups in total. The zero-order valence-corrected chi connectivity index (χ0v) is 13.1. The highest BCUT2D eigenvalue weighted by atomic mass is 16.5. The largest absolute Gasteiger partial charge is 0.492 e. The molecule has 1 aromatic carbocycles. The maximum Gasteiger partial charge on any atom is 0.142 e. The fourth-order valence-corrected chi connectivity index (χ4v) is 3.21. The fraction of sp³-hybridized carbons (Fsp3) is 0.647. The van der Waals surface area contributed by atoms with Crippen LogP contribution in [-0.2, 0) is 6.42 Å². The highest BCUT2D eigenvalue weighted by molar-refractivity contribution is 5.54. The van der Waals surface area contributed by atoms with Gasteiger partial charge in [-0.3, -0.25) is 4.90 Å². The first-order chi connectivity index (χ1) is 9.61. The lowest BCUT2D eigenvalue weighted by Crippen LogP contribution is -2.44. The zero-order chi connectivity index (χ0) is 14.5. The Morgan fingerprint density at radius 3 is 2.55 bits per heavy atom. The second-order valence-electron chi connectivity index (χ2n) is 5.92. The van der Waals surface area contributed by atoms with E-state index in [1.807, 2.05) is 13.0 Å². The van der Waals surface area contributed by atoms with Crippen LogP contribution in [0.3, 0.4) is 0 Å². The van der Waals surface area contributed by atoms with Gasteiger partial charge in [0.2, 0.25) is 0 Å². The summed E-state index contributed by atoms with van der Waals surface area (Å²) in [6.45, 7) is 8.46. The number of nitrogens with zero attached hydrogens (tertiary/aromatic N) is 1. The first-order valence-corrected chi connectivity index (χ1v) is 7.88. The Bertz CT molecular complexity index is 423. The minimum absolute atomic E-state index is 0.659. The quantitative estimate of drug-likeness (QED) is 0.837. The zero-order valence-electron chi connectivity index (χ0n) is 13.1. The maximum absolute atomic E-state index is 6.03. The molecular weight excluding hydrogens is 248 g/mol. The molecule has 1 aromatic rings. The Morgan fingerprint density at radius 1 is 1.25 bits per heavy atom. The summed E-state index contributed by atoms with van der Waals surface area (Å²) >= 11 is 0. The summed E-state index contributed by atoms with van der Waals surface area (Å²) < 4.78 is 5.48. The van der Waals surface area contributed by atoms with E-state index in [-0.39, 0.29) is 0 Å². The monoisotopic (exact) mass is 276 g/mol.